The zero-order valence-electron chi connectivity index (χ0n) is 16.4. The molecule has 1 fully saturated rings. The molecule has 6 heteroatoms. The van der Waals surface area contributed by atoms with Gasteiger partial charge in [0.2, 0.25) is 0 Å². The van der Waals surface area contributed by atoms with E-state index in [1.54, 1.807) is 26.0 Å². The smallest absolute Gasteiger partial charge is 0.427 e. The van der Waals surface area contributed by atoms with Crippen LogP contribution in [0.15, 0.2) is 24.3 Å². The molecule has 1 aliphatic heterocycles. The van der Waals surface area contributed by atoms with Crippen molar-refractivity contribution in [2.45, 2.75) is 52.7 Å². The molecule has 0 N–H and O–H groups in total. The van der Waals surface area contributed by atoms with E-state index in [4.69, 9.17) is 9.47 Å². The number of hydrogen-bond acceptors (Lipinski definition) is 2. The summed E-state index contributed by atoms with van der Waals surface area (Å²) >= 11 is 0. The molecule has 0 saturated carbocycles. The summed E-state index contributed by atoms with van der Waals surface area (Å²) in [7, 11) is 0. The second-order valence-electron chi connectivity index (χ2n) is 7.66. The highest BCUT2D eigenvalue weighted by Gasteiger charge is 2.38. The Kier molecular flexibility index (Phi) is 5.71. The Morgan fingerprint density at radius 3 is 2.04 bits per heavy atom. The van der Waals surface area contributed by atoms with Crippen molar-refractivity contribution < 1.29 is 27.0 Å². The molecule has 28 heavy (non-hydrogen) atoms. The molecule has 0 aromatic heterocycles. The first-order chi connectivity index (χ1) is 13.1. The van der Waals surface area contributed by atoms with Gasteiger partial charge in [0.25, 0.3) is 0 Å². The SMILES string of the molecule is Cc1cc(C2CCC(C)CO2)cc(C)c1C(F)(F)Oc1cc(F)c(C)c(F)c1. The molecule has 0 spiro atoms. The summed E-state index contributed by atoms with van der Waals surface area (Å²) in [4.78, 5) is 0. The van der Waals surface area contributed by atoms with E-state index < -0.39 is 23.5 Å². The maximum Gasteiger partial charge on any atom is 0.427 e. The van der Waals surface area contributed by atoms with Gasteiger partial charge < -0.3 is 9.47 Å². The Balaban J connectivity index is 1.89. The van der Waals surface area contributed by atoms with Crippen molar-refractivity contribution in [3.05, 3.63) is 63.7 Å². The van der Waals surface area contributed by atoms with E-state index in [1.807, 2.05) is 0 Å². The van der Waals surface area contributed by atoms with Crippen molar-refractivity contribution in [2.75, 3.05) is 6.61 Å². The molecule has 1 saturated heterocycles. The first kappa shape index (κ1) is 20.6. The molecular formula is C22H24F4O2. The predicted octanol–water partition coefficient (Wildman–Crippen LogP) is 6.51. The predicted molar refractivity (Wildman–Crippen MR) is 98.6 cm³/mol. The quantitative estimate of drug-likeness (QED) is 0.549. The summed E-state index contributed by atoms with van der Waals surface area (Å²) in [6.45, 7) is 7.14. The first-order valence-corrected chi connectivity index (χ1v) is 9.34. The van der Waals surface area contributed by atoms with Crippen molar-refractivity contribution in [1.29, 1.82) is 0 Å². The average molecular weight is 396 g/mol. The van der Waals surface area contributed by atoms with Gasteiger partial charge in [0, 0.05) is 24.3 Å². The summed E-state index contributed by atoms with van der Waals surface area (Å²) in [6, 6.07) is 4.89. The monoisotopic (exact) mass is 396 g/mol. The van der Waals surface area contributed by atoms with Crippen LogP contribution in [0.3, 0.4) is 0 Å². The summed E-state index contributed by atoms with van der Waals surface area (Å²) < 4.78 is 67.6. The molecule has 0 amide bonds. The van der Waals surface area contributed by atoms with E-state index in [0.717, 1.165) is 30.5 Å². The highest BCUT2D eigenvalue weighted by Crippen LogP contribution is 2.39. The lowest BCUT2D eigenvalue weighted by atomic mass is 9.91. The fourth-order valence-electron chi connectivity index (χ4n) is 3.67. The fourth-order valence-corrected chi connectivity index (χ4v) is 3.67. The third-order valence-electron chi connectivity index (χ3n) is 5.22. The molecular weight excluding hydrogens is 372 g/mol. The molecule has 2 unspecified atom stereocenters. The number of alkyl halides is 2. The van der Waals surface area contributed by atoms with Crippen LogP contribution >= 0.6 is 0 Å². The van der Waals surface area contributed by atoms with Crippen LogP contribution in [0, 0.1) is 38.3 Å². The number of ether oxygens (including phenoxy) is 2. The molecule has 0 aliphatic carbocycles. The minimum atomic E-state index is -3.73. The summed E-state index contributed by atoms with van der Waals surface area (Å²) in [5.41, 5.74) is 0.996. The Bertz CT molecular complexity index is 825. The largest absolute Gasteiger partial charge is 0.429 e. The molecule has 2 aromatic carbocycles. The van der Waals surface area contributed by atoms with Crippen molar-refractivity contribution in [2.24, 2.45) is 5.92 Å². The van der Waals surface area contributed by atoms with Gasteiger partial charge in [0.1, 0.15) is 17.4 Å². The average Bonchev–Trinajstić information content (AvgIpc) is 2.59. The van der Waals surface area contributed by atoms with Crippen molar-refractivity contribution in [1.82, 2.24) is 0 Å². The fraction of sp³-hybridized carbons (Fsp3) is 0.455. The molecule has 0 radical (unpaired) electrons. The number of rotatable bonds is 4. The van der Waals surface area contributed by atoms with Crippen molar-refractivity contribution in [3.8, 4) is 5.75 Å². The van der Waals surface area contributed by atoms with Crippen LogP contribution in [-0.2, 0) is 10.8 Å². The maximum atomic E-state index is 14.9. The first-order valence-electron chi connectivity index (χ1n) is 9.34. The standard InChI is InChI=1S/C22H24F4O2/c1-12-5-6-20(27-11-12)16-7-13(2)21(14(3)8-16)22(25,26)28-17-9-18(23)15(4)19(24)10-17/h7-10,12,20H,5-6,11H2,1-4H3. The number of halogens is 4. The van der Waals surface area contributed by atoms with E-state index in [2.05, 4.69) is 6.92 Å². The van der Waals surface area contributed by atoms with Crippen LogP contribution in [0.1, 0.15) is 53.7 Å². The highest BCUT2D eigenvalue weighted by atomic mass is 19.3. The lowest BCUT2D eigenvalue weighted by Crippen LogP contribution is -2.25. The van der Waals surface area contributed by atoms with Crippen LogP contribution in [0.25, 0.3) is 0 Å². The van der Waals surface area contributed by atoms with Gasteiger partial charge in [-0.25, -0.2) is 8.78 Å². The molecule has 1 aliphatic rings. The van der Waals surface area contributed by atoms with E-state index in [1.165, 1.54) is 6.92 Å². The van der Waals surface area contributed by atoms with Crippen LogP contribution in [-0.4, -0.2) is 6.61 Å². The number of hydrogen-bond donors (Lipinski definition) is 0. The van der Waals surface area contributed by atoms with Gasteiger partial charge >= 0.3 is 6.11 Å². The summed E-state index contributed by atoms with van der Waals surface area (Å²) in [5.74, 6) is -1.93. The van der Waals surface area contributed by atoms with Crippen molar-refractivity contribution in [3.63, 3.8) is 0 Å². The minimum absolute atomic E-state index is 0.113. The third kappa shape index (κ3) is 4.17. The normalized spacial score (nSPS) is 20.3. The second kappa shape index (κ2) is 7.74. The minimum Gasteiger partial charge on any atom is -0.429 e. The van der Waals surface area contributed by atoms with Gasteiger partial charge in [0.15, 0.2) is 0 Å². The lowest BCUT2D eigenvalue weighted by Gasteiger charge is -2.29. The molecule has 3 rings (SSSR count). The van der Waals surface area contributed by atoms with Gasteiger partial charge in [0.05, 0.1) is 11.7 Å². The number of benzene rings is 2. The van der Waals surface area contributed by atoms with Gasteiger partial charge in [-0.05, 0) is 56.2 Å². The number of aryl methyl sites for hydroxylation is 2. The van der Waals surface area contributed by atoms with E-state index >= 15 is 0 Å². The molecule has 2 nitrogen and oxygen atoms in total. The summed E-state index contributed by atoms with van der Waals surface area (Å²) in [6.07, 6.45) is -1.98. The van der Waals surface area contributed by atoms with E-state index in [-0.39, 0.29) is 17.2 Å². The topological polar surface area (TPSA) is 18.5 Å². The Morgan fingerprint density at radius 1 is 0.964 bits per heavy atom. The highest BCUT2D eigenvalue weighted by molar-refractivity contribution is 5.42. The van der Waals surface area contributed by atoms with Crippen LogP contribution in [0.4, 0.5) is 17.6 Å². The lowest BCUT2D eigenvalue weighted by molar-refractivity contribution is -0.186. The Morgan fingerprint density at radius 2 is 1.54 bits per heavy atom. The Labute approximate surface area is 162 Å². The van der Waals surface area contributed by atoms with Crippen LogP contribution in [0.5, 0.6) is 5.75 Å². The van der Waals surface area contributed by atoms with Crippen LogP contribution < -0.4 is 4.74 Å². The molecule has 2 atom stereocenters. The second-order valence-corrected chi connectivity index (χ2v) is 7.66. The van der Waals surface area contributed by atoms with E-state index in [0.29, 0.717) is 23.7 Å². The van der Waals surface area contributed by atoms with Gasteiger partial charge in [-0.2, -0.15) is 8.78 Å². The molecule has 2 aromatic rings. The van der Waals surface area contributed by atoms with Crippen molar-refractivity contribution >= 4 is 0 Å². The summed E-state index contributed by atoms with van der Waals surface area (Å²) in [5, 5.41) is 0. The van der Waals surface area contributed by atoms with Gasteiger partial charge in [-0.15, -0.1) is 0 Å². The zero-order chi connectivity index (χ0) is 20.6. The van der Waals surface area contributed by atoms with Gasteiger partial charge in [-0.3, -0.25) is 0 Å². The maximum absolute atomic E-state index is 14.9. The van der Waals surface area contributed by atoms with E-state index in [9.17, 15) is 17.6 Å². The molecule has 152 valence electrons. The molecule has 1 heterocycles. The third-order valence-corrected chi connectivity index (χ3v) is 5.22. The van der Waals surface area contributed by atoms with Gasteiger partial charge in [-0.1, -0.05) is 19.1 Å². The van der Waals surface area contributed by atoms with Crippen LogP contribution in [0.2, 0.25) is 0 Å². The molecule has 0 bridgehead atoms. The zero-order valence-corrected chi connectivity index (χ0v) is 16.4. The Hall–Kier alpha value is -2.08.